The van der Waals surface area contributed by atoms with Gasteiger partial charge in [0.25, 0.3) is 0 Å². The second-order valence-electron chi connectivity index (χ2n) is 11.6. The van der Waals surface area contributed by atoms with Crippen LogP contribution in [-0.4, -0.2) is 50.0 Å². The number of nitrogens with zero attached hydrogens (tertiary/aromatic N) is 2. The second-order valence-corrected chi connectivity index (χ2v) is 13.5. The van der Waals surface area contributed by atoms with Crippen molar-refractivity contribution in [1.29, 1.82) is 0 Å². The van der Waals surface area contributed by atoms with E-state index >= 15 is 0 Å². The molecule has 4 rings (SSSR count). The van der Waals surface area contributed by atoms with Crippen LogP contribution in [0.3, 0.4) is 0 Å². The van der Waals surface area contributed by atoms with Crippen LogP contribution in [0.2, 0.25) is 0 Å². The Morgan fingerprint density at radius 3 is 2.10 bits per heavy atom. The number of sulfonamides is 1. The molecular weight excluding hydrogens is 546 g/mol. The van der Waals surface area contributed by atoms with Gasteiger partial charge in [0.15, 0.2) is 0 Å². The summed E-state index contributed by atoms with van der Waals surface area (Å²) in [5.74, 6) is -0.631. The van der Waals surface area contributed by atoms with Crippen LogP contribution in [0.4, 0.5) is 5.69 Å². The van der Waals surface area contributed by atoms with Gasteiger partial charge >= 0.3 is 0 Å². The first-order valence-electron chi connectivity index (χ1n) is 14.8. The number of aryl methyl sites for hydroxylation is 3. The van der Waals surface area contributed by atoms with Crippen molar-refractivity contribution >= 4 is 27.5 Å². The first-order valence-corrected chi connectivity index (χ1v) is 16.6. The van der Waals surface area contributed by atoms with Gasteiger partial charge in [-0.05, 0) is 55.9 Å². The zero-order chi connectivity index (χ0) is 30.3. The minimum Gasteiger partial charge on any atom is -0.352 e. The molecule has 42 heavy (non-hydrogen) atoms. The number of rotatable bonds is 11. The summed E-state index contributed by atoms with van der Waals surface area (Å²) in [7, 11) is -3.81. The Labute approximate surface area is 251 Å². The second kappa shape index (κ2) is 14.0. The Balaban J connectivity index is 1.75. The minimum absolute atomic E-state index is 0.0718. The molecule has 1 saturated carbocycles. The zero-order valence-electron chi connectivity index (χ0n) is 25.2. The summed E-state index contributed by atoms with van der Waals surface area (Å²) in [6, 6.07) is 22.3. The molecule has 0 aromatic heterocycles. The van der Waals surface area contributed by atoms with E-state index in [1.807, 2.05) is 93.6 Å². The first kappa shape index (κ1) is 31.3. The summed E-state index contributed by atoms with van der Waals surface area (Å²) >= 11 is 0. The van der Waals surface area contributed by atoms with Crippen LogP contribution in [0.25, 0.3) is 0 Å². The Bertz CT molecular complexity index is 1460. The van der Waals surface area contributed by atoms with Crippen molar-refractivity contribution in [2.24, 2.45) is 0 Å². The van der Waals surface area contributed by atoms with Crippen LogP contribution >= 0.6 is 0 Å². The summed E-state index contributed by atoms with van der Waals surface area (Å²) in [6.07, 6.45) is 6.58. The number of anilines is 1. The lowest BCUT2D eigenvalue weighted by molar-refractivity contribution is -0.140. The van der Waals surface area contributed by atoms with Gasteiger partial charge < -0.3 is 10.2 Å². The Morgan fingerprint density at radius 2 is 1.48 bits per heavy atom. The lowest BCUT2D eigenvalue weighted by atomic mass is 9.94. The van der Waals surface area contributed by atoms with E-state index in [-0.39, 0.29) is 18.5 Å². The van der Waals surface area contributed by atoms with E-state index in [0.717, 1.165) is 66.2 Å². The molecule has 1 atom stereocenters. The van der Waals surface area contributed by atoms with E-state index in [2.05, 4.69) is 5.32 Å². The van der Waals surface area contributed by atoms with Gasteiger partial charge in [0.05, 0.1) is 11.9 Å². The number of nitrogens with one attached hydrogen (secondary N) is 1. The highest BCUT2D eigenvalue weighted by Crippen LogP contribution is 2.28. The molecule has 3 aromatic rings. The monoisotopic (exact) mass is 589 g/mol. The van der Waals surface area contributed by atoms with E-state index in [4.69, 9.17) is 0 Å². The van der Waals surface area contributed by atoms with E-state index in [0.29, 0.717) is 12.1 Å². The molecule has 0 aliphatic heterocycles. The van der Waals surface area contributed by atoms with Gasteiger partial charge in [-0.15, -0.1) is 0 Å². The van der Waals surface area contributed by atoms with Gasteiger partial charge in [-0.1, -0.05) is 97.6 Å². The largest absolute Gasteiger partial charge is 0.352 e. The Hall–Kier alpha value is -3.65. The predicted molar refractivity (Wildman–Crippen MR) is 169 cm³/mol. The normalized spacial score (nSPS) is 14.7. The van der Waals surface area contributed by atoms with Crippen molar-refractivity contribution in [3.05, 3.63) is 101 Å². The van der Waals surface area contributed by atoms with E-state index in [9.17, 15) is 18.0 Å². The lowest BCUT2D eigenvalue weighted by Crippen LogP contribution is -2.55. The van der Waals surface area contributed by atoms with Crippen molar-refractivity contribution in [2.45, 2.75) is 77.9 Å². The average Bonchev–Trinajstić information content (AvgIpc) is 2.94. The number of hydrogen-bond acceptors (Lipinski definition) is 4. The molecule has 2 amide bonds. The van der Waals surface area contributed by atoms with Gasteiger partial charge in [0, 0.05) is 19.0 Å². The molecular formula is C34H43N3O4S. The molecule has 0 heterocycles. The van der Waals surface area contributed by atoms with Crippen LogP contribution in [0, 0.1) is 20.8 Å². The molecule has 0 spiro atoms. The molecule has 224 valence electrons. The van der Waals surface area contributed by atoms with Crippen molar-refractivity contribution in [1.82, 2.24) is 10.2 Å². The van der Waals surface area contributed by atoms with Crippen molar-refractivity contribution in [3.63, 3.8) is 0 Å². The third kappa shape index (κ3) is 8.22. The molecule has 3 aromatic carbocycles. The molecule has 8 heteroatoms. The van der Waals surface area contributed by atoms with Crippen molar-refractivity contribution in [2.75, 3.05) is 17.1 Å². The highest BCUT2D eigenvalue weighted by molar-refractivity contribution is 7.92. The highest BCUT2D eigenvalue weighted by atomic mass is 32.2. The summed E-state index contributed by atoms with van der Waals surface area (Å²) < 4.78 is 27.4. The molecule has 1 aliphatic rings. The minimum atomic E-state index is -3.81. The van der Waals surface area contributed by atoms with Crippen LogP contribution in [0.15, 0.2) is 72.8 Å². The predicted octanol–water partition coefficient (Wildman–Crippen LogP) is 5.47. The SMILES string of the molecule is Cc1cccc(CN(C(=O)CN(c2c(C)cccc2C)S(C)(=O)=O)C(Cc2ccccc2)C(=O)NC2CCCCC2)c1. The maximum Gasteiger partial charge on any atom is 0.244 e. The molecule has 0 radical (unpaired) electrons. The fraction of sp³-hybridized carbons (Fsp3) is 0.412. The number of amides is 2. The van der Waals surface area contributed by atoms with Crippen LogP contribution in [0.5, 0.6) is 0 Å². The lowest BCUT2D eigenvalue weighted by Gasteiger charge is -2.35. The van der Waals surface area contributed by atoms with E-state index in [1.54, 1.807) is 4.90 Å². The van der Waals surface area contributed by atoms with Gasteiger partial charge in [-0.25, -0.2) is 8.42 Å². The fourth-order valence-electron chi connectivity index (χ4n) is 5.88. The highest BCUT2D eigenvalue weighted by Gasteiger charge is 2.34. The Morgan fingerprint density at radius 1 is 0.857 bits per heavy atom. The third-order valence-electron chi connectivity index (χ3n) is 8.03. The molecule has 7 nitrogen and oxygen atoms in total. The number of hydrogen-bond donors (Lipinski definition) is 1. The molecule has 1 aliphatic carbocycles. The van der Waals surface area contributed by atoms with Crippen LogP contribution in [0.1, 0.15) is 59.9 Å². The zero-order valence-corrected chi connectivity index (χ0v) is 26.0. The quantitative estimate of drug-likeness (QED) is 0.322. The van der Waals surface area contributed by atoms with E-state index in [1.165, 1.54) is 4.31 Å². The van der Waals surface area contributed by atoms with Crippen LogP contribution < -0.4 is 9.62 Å². The van der Waals surface area contributed by atoms with Gasteiger partial charge in [0.1, 0.15) is 12.6 Å². The third-order valence-corrected chi connectivity index (χ3v) is 9.14. The number of benzene rings is 3. The van der Waals surface area contributed by atoms with Crippen LogP contribution in [-0.2, 0) is 32.6 Å². The van der Waals surface area contributed by atoms with Crippen molar-refractivity contribution in [3.8, 4) is 0 Å². The first-order chi connectivity index (χ1) is 20.0. The fourth-order valence-corrected chi connectivity index (χ4v) is 6.84. The average molecular weight is 590 g/mol. The maximum absolute atomic E-state index is 14.4. The summed E-state index contributed by atoms with van der Waals surface area (Å²) in [4.78, 5) is 30.0. The molecule has 1 unspecified atom stereocenters. The molecule has 1 fully saturated rings. The summed E-state index contributed by atoms with van der Waals surface area (Å²) in [5.41, 5.74) is 4.86. The summed E-state index contributed by atoms with van der Waals surface area (Å²) in [5, 5.41) is 3.24. The van der Waals surface area contributed by atoms with Gasteiger partial charge in [-0.2, -0.15) is 0 Å². The molecule has 1 N–H and O–H groups in total. The number of carbonyl (C=O) groups excluding carboxylic acids is 2. The van der Waals surface area contributed by atoms with Gasteiger partial charge in [0.2, 0.25) is 21.8 Å². The molecule has 0 bridgehead atoms. The van der Waals surface area contributed by atoms with E-state index < -0.39 is 28.5 Å². The number of carbonyl (C=O) groups is 2. The van der Waals surface area contributed by atoms with Crippen molar-refractivity contribution < 1.29 is 18.0 Å². The summed E-state index contributed by atoms with van der Waals surface area (Å²) in [6.45, 7) is 5.44. The Kier molecular flexibility index (Phi) is 10.4. The smallest absolute Gasteiger partial charge is 0.244 e. The van der Waals surface area contributed by atoms with Gasteiger partial charge in [-0.3, -0.25) is 13.9 Å². The maximum atomic E-state index is 14.4. The number of para-hydroxylation sites is 1. The molecule has 0 saturated heterocycles. The standard InChI is InChI=1S/C34H43N3O4S/c1-25-13-11-18-29(21-25)23-36(32(38)24-37(42(4,40)41)33-26(2)14-12-15-27(33)3)31(22-28-16-7-5-8-17-28)34(39)35-30-19-9-6-10-20-30/h5,7-8,11-18,21,30-31H,6,9-10,19-20,22-24H2,1-4H3,(H,35,39). The topological polar surface area (TPSA) is 86.8 Å².